The van der Waals surface area contributed by atoms with Crippen molar-refractivity contribution in [3.05, 3.63) is 65.2 Å². The first-order valence-corrected chi connectivity index (χ1v) is 10.2. The smallest absolute Gasteiger partial charge is 0.272 e. The van der Waals surface area contributed by atoms with Gasteiger partial charge in [-0.2, -0.15) is 0 Å². The monoisotopic (exact) mass is 381 g/mol. The van der Waals surface area contributed by atoms with E-state index in [1.807, 2.05) is 23.1 Å². The van der Waals surface area contributed by atoms with E-state index in [0.29, 0.717) is 17.7 Å². The van der Waals surface area contributed by atoms with E-state index in [1.165, 1.54) is 6.07 Å². The number of rotatable bonds is 3. The molecule has 5 heteroatoms. The number of nitrogens with zero attached hydrogens (tertiary/aromatic N) is 3. The number of fused-ring (bicyclic) bond motifs is 1. The highest BCUT2D eigenvalue weighted by Crippen LogP contribution is 2.38. The van der Waals surface area contributed by atoms with Gasteiger partial charge in [-0.05, 0) is 70.0 Å². The Hall–Kier alpha value is -2.27. The Bertz CT molecular complexity index is 870. The zero-order valence-electron chi connectivity index (χ0n) is 16.7. The Morgan fingerprint density at radius 1 is 1.18 bits per heavy atom. The van der Waals surface area contributed by atoms with Crippen molar-refractivity contribution in [3.8, 4) is 0 Å². The minimum atomic E-state index is -0.238. The highest BCUT2D eigenvalue weighted by atomic mass is 19.1. The van der Waals surface area contributed by atoms with Crippen LogP contribution in [-0.4, -0.2) is 52.4 Å². The van der Waals surface area contributed by atoms with Crippen LogP contribution in [0.5, 0.6) is 0 Å². The number of likely N-dealkylation sites (N-methyl/N-ethyl adjacent to an activating group) is 1. The summed E-state index contributed by atoms with van der Waals surface area (Å²) in [6.45, 7) is 4.16. The lowest BCUT2D eigenvalue weighted by Gasteiger charge is -2.55. The molecule has 2 aliphatic heterocycles. The van der Waals surface area contributed by atoms with Gasteiger partial charge in [-0.25, -0.2) is 9.37 Å². The van der Waals surface area contributed by atoms with E-state index in [1.54, 1.807) is 18.2 Å². The quantitative estimate of drug-likeness (QED) is 0.809. The number of hydrogen-bond donors (Lipinski definition) is 0. The first kappa shape index (κ1) is 19.1. The highest BCUT2D eigenvalue weighted by molar-refractivity contribution is 5.92. The predicted octanol–water partition coefficient (Wildman–Crippen LogP) is 3.90. The fourth-order valence-electron chi connectivity index (χ4n) is 4.88. The second-order valence-electron chi connectivity index (χ2n) is 8.32. The summed E-state index contributed by atoms with van der Waals surface area (Å²) in [6.07, 6.45) is 4.68. The van der Waals surface area contributed by atoms with Crippen molar-refractivity contribution in [3.63, 3.8) is 0 Å². The van der Waals surface area contributed by atoms with Crippen LogP contribution in [-0.2, 0) is 6.42 Å². The number of aromatic nitrogens is 1. The molecule has 2 saturated heterocycles. The van der Waals surface area contributed by atoms with E-state index >= 15 is 0 Å². The van der Waals surface area contributed by atoms with Gasteiger partial charge in [0.2, 0.25) is 0 Å². The molecular formula is C23H28FN3O. The lowest BCUT2D eigenvalue weighted by molar-refractivity contribution is -0.0349. The molecule has 2 aliphatic rings. The molecule has 2 atom stereocenters. The molecule has 0 spiro atoms. The molecule has 0 unspecified atom stereocenters. The maximum Gasteiger partial charge on any atom is 0.272 e. The Kier molecular flexibility index (Phi) is 5.19. The van der Waals surface area contributed by atoms with Crippen molar-refractivity contribution in [2.75, 3.05) is 20.1 Å². The average Bonchev–Trinajstić information content (AvgIpc) is 2.70. The van der Waals surface area contributed by atoms with Crippen molar-refractivity contribution >= 4 is 5.91 Å². The van der Waals surface area contributed by atoms with E-state index in [2.05, 4.69) is 23.9 Å². The topological polar surface area (TPSA) is 36.4 Å². The van der Waals surface area contributed by atoms with E-state index in [-0.39, 0.29) is 23.3 Å². The summed E-state index contributed by atoms with van der Waals surface area (Å²) in [4.78, 5) is 22.4. The molecule has 0 N–H and O–H groups in total. The average molecular weight is 381 g/mol. The third-order valence-electron chi connectivity index (χ3n) is 6.64. The van der Waals surface area contributed by atoms with Gasteiger partial charge in [-0.1, -0.05) is 24.3 Å². The first-order chi connectivity index (χ1) is 13.5. The molecule has 0 saturated carbocycles. The van der Waals surface area contributed by atoms with Crippen LogP contribution in [0.15, 0.2) is 42.5 Å². The summed E-state index contributed by atoms with van der Waals surface area (Å²) in [5, 5.41) is 0. The number of piperidine rings is 2. The van der Waals surface area contributed by atoms with E-state index < -0.39 is 0 Å². The van der Waals surface area contributed by atoms with Crippen LogP contribution in [0.3, 0.4) is 0 Å². The van der Waals surface area contributed by atoms with E-state index in [9.17, 15) is 9.18 Å². The fourth-order valence-corrected chi connectivity index (χ4v) is 4.88. The van der Waals surface area contributed by atoms with Gasteiger partial charge in [0.1, 0.15) is 11.5 Å². The van der Waals surface area contributed by atoms with Gasteiger partial charge in [0.05, 0.1) is 6.04 Å². The van der Waals surface area contributed by atoms with Crippen LogP contribution in [0.2, 0.25) is 0 Å². The highest BCUT2D eigenvalue weighted by Gasteiger charge is 2.47. The van der Waals surface area contributed by atoms with Crippen molar-refractivity contribution in [1.82, 2.24) is 14.8 Å². The summed E-state index contributed by atoms with van der Waals surface area (Å²) >= 11 is 0. The minimum Gasteiger partial charge on any atom is -0.332 e. The van der Waals surface area contributed by atoms with Crippen LogP contribution >= 0.6 is 0 Å². The number of benzene rings is 1. The number of carbonyl (C=O) groups excluding carboxylic acids is 1. The minimum absolute atomic E-state index is 0.00149. The van der Waals surface area contributed by atoms with Crippen LogP contribution in [0.1, 0.15) is 54.4 Å². The number of pyridine rings is 1. The Balaban J connectivity index is 1.57. The molecule has 148 valence electrons. The van der Waals surface area contributed by atoms with Crippen LogP contribution in [0.25, 0.3) is 0 Å². The van der Waals surface area contributed by atoms with Gasteiger partial charge < -0.3 is 4.90 Å². The largest absolute Gasteiger partial charge is 0.332 e. The Morgan fingerprint density at radius 3 is 2.82 bits per heavy atom. The molecule has 2 aromatic rings. The van der Waals surface area contributed by atoms with Crippen LogP contribution in [0.4, 0.5) is 4.39 Å². The van der Waals surface area contributed by atoms with Gasteiger partial charge in [-0.15, -0.1) is 0 Å². The van der Waals surface area contributed by atoms with Crippen LogP contribution in [0, 0.1) is 5.82 Å². The SMILES string of the molecule is CN1CCC[C@@H]2N(C(=O)c3cccc(Cc4ccccc4F)n3)CCC[C@@]21C. The van der Waals surface area contributed by atoms with Crippen molar-refractivity contribution in [1.29, 1.82) is 0 Å². The summed E-state index contributed by atoms with van der Waals surface area (Å²) in [5.41, 5.74) is 1.82. The molecule has 1 amide bonds. The third kappa shape index (κ3) is 3.44. The number of amides is 1. The normalized spacial score (nSPS) is 25.4. The molecule has 1 aromatic heterocycles. The molecule has 1 aromatic carbocycles. The predicted molar refractivity (Wildman–Crippen MR) is 108 cm³/mol. The molecule has 28 heavy (non-hydrogen) atoms. The lowest BCUT2D eigenvalue weighted by atomic mass is 9.76. The van der Waals surface area contributed by atoms with Crippen LogP contribution < -0.4 is 0 Å². The molecular weight excluding hydrogens is 353 g/mol. The molecule has 0 bridgehead atoms. The zero-order valence-corrected chi connectivity index (χ0v) is 16.7. The first-order valence-electron chi connectivity index (χ1n) is 10.2. The standard InChI is InChI=1S/C23H28FN3O/c1-23-13-7-15-27(21(23)12-6-14-26(23)2)22(28)20-11-5-9-18(25-20)16-17-8-3-4-10-19(17)24/h3-5,8-11,21H,6-7,12-16H2,1-2H3/t21-,23-/m0/s1. The fraction of sp³-hybridized carbons (Fsp3) is 0.478. The lowest BCUT2D eigenvalue weighted by Crippen LogP contribution is -2.66. The maximum atomic E-state index is 14.0. The Morgan fingerprint density at radius 2 is 2.00 bits per heavy atom. The van der Waals surface area contributed by atoms with Gasteiger partial charge >= 0.3 is 0 Å². The molecule has 0 aliphatic carbocycles. The number of hydrogen-bond acceptors (Lipinski definition) is 3. The van der Waals surface area contributed by atoms with Crippen molar-refractivity contribution < 1.29 is 9.18 Å². The van der Waals surface area contributed by atoms with Crippen molar-refractivity contribution in [2.24, 2.45) is 0 Å². The van der Waals surface area contributed by atoms with Gasteiger partial charge in [0.15, 0.2) is 0 Å². The maximum absolute atomic E-state index is 14.0. The number of likely N-dealkylation sites (tertiary alicyclic amines) is 2. The molecule has 0 radical (unpaired) electrons. The third-order valence-corrected chi connectivity index (χ3v) is 6.64. The Labute approximate surface area is 166 Å². The second kappa shape index (κ2) is 7.63. The number of carbonyl (C=O) groups is 1. The summed E-state index contributed by atoms with van der Waals surface area (Å²) in [6, 6.07) is 12.4. The molecule has 3 heterocycles. The van der Waals surface area contributed by atoms with E-state index in [0.717, 1.165) is 44.5 Å². The summed E-state index contributed by atoms with van der Waals surface area (Å²) in [7, 11) is 2.17. The molecule has 2 fully saturated rings. The van der Waals surface area contributed by atoms with Crippen molar-refractivity contribution in [2.45, 2.75) is 50.6 Å². The van der Waals surface area contributed by atoms with Gasteiger partial charge in [0, 0.05) is 24.2 Å². The molecule has 4 nitrogen and oxygen atoms in total. The second-order valence-corrected chi connectivity index (χ2v) is 8.32. The number of halogens is 1. The van der Waals surface area contributed by atoms with Gasteiger partial charge in [-0.3, -0.25) is 9.69 Å². The molecule has 4 rings (SSSR count). The zero-order chi connectivity index (χ0) is 19.7. The summed E-state index contributed by atoms with van der Waals surface area (Å²) in [5.74, 6) is -0.236. The van der Waals surface area contributed by atoms with E-state index in [4.69, 9.17) is 0 Å². The van der Waals surface area contributed by atoms with Gasteiger partial charge in [0.25, 0.3) is 5.91 Å². The summed E-state index contributed by atoms with van der Waals surface area (Å²) < 4.78 is 14.0.